The van der Waals surface area contributed by atoms with Gasteiger partial charge >= 0.3 is 0 Å². The molecule has 0 bridgehead atoms. The van der Waals surface area contributed by atoms with Crippen molar-refractivity contribution < 1.29 is 9.18 Å². The molecule has 2 spiro atoms. The molecule has 3 aliphatic heterocycles. The Kier molecular flexibility index (Phi) is 5.16. The summed E-state index contributed by atoms with van der Waals surface area (Å²) in [5, 5.41) is 0. The Morgan fingerprint density at radius 1 is 1.00 bits per heavy atom. The first kappa shape index (κ1) is 20.4. The average molecular weight is 424 g/mol. The highest BCUT2D eigenvalue weighted by Gasteiger charge is 2.65. The molecule has 0 aliphatic carbocycles. The first-order valence-electron chi connectivity index (χ1n) is 11.3. The Bertz CT molecular complexity index is 929. The summed E-state index contributed by atoms with van der Waals surface area (Å²) in [6.07, 6.45) is 6.45. The van der Waals surface area contributed by atoms with Gasteiger partial charge in [0, 0.05) is 50.5 Å². The van der Waals surface area contributed by atoms with Crippen LogP contribution in [0.25, 0.3) is 0 Å². The third kappa shape index (κ3) is 3.39. The highest BCUT2D eigenvalue weighted by molar-refractivity contribution is 5.87. The second-order valence-corrected chi connectivity index (χ2v) is 9.30. The maximum absolute atomic E-state index is 13.6. The minimum atomic E-state index is -0.343. The Hall–Kier alpha value is -2.54. The molecule has 0 saturated carbocycles. The van der Waals surface area contributed by atoms with Crippen LogP contribution in [0.3, 0.4) is 0 Å². The van der Waals surface area contributed by atoms with E-state index in [-0.39, 0.29) is 16.6 Å². The molecule has 0 radical (unpaired) electrons. The van der Waals surface area contributed by atoms with E-state index < -0.39 is 0 Å². The standard InChI is InChI=1S/C24H30FN5O/c1-2-29-15-10-24(21(29)31)18-30(22-26-11-3-12-27-22)17-23(24)8-13-28(14-9-23)16-19-4-6-20(25)7-5-19/h3-7,11-12H,2,8-10,13-18H2,1H3/t24-/m1/s1. The summed E-state index contributed by atoms with van der Waals surface area (Å²) in [4.78, 5) is 29.3. The predicted molar refractivity (Wildman–Crippen MR) is 117 cm³/mol. The summed E-state index contributed by atoms with van der Waals surface area (Å²) >= 11 is 0. The van der Waals surface area contributed by atoms with Gasteiger partial charge in [-0.3, -0.25) is 9.69 Å². The van der Waals surface area contributed by atoms with Crippen molar-refractivity contribution in [1.29, 1.82) is 0 Å². The molecule has 4 heterocycles. The van der Waals surface area contributed by atoms with Crippen molar-refractivity contribution in [3.8, 4) is 0 Å². The predicted octanol–water partition coefficient (Wildman–Crippen LogP) is 2.96. The van der Waals surface area contributed by atoms with Crippen LogP contribution in [0.4, 0.5) is 10.3 Å². The molecular formula is C24H30FN5O. The number of fused-ring (bicyclic) bond motifs is 1. The highest BCUT2D eigenvalue weighted by atomic mass is 19.1. The molecular weight excluding hydrogens is 393 g/mol. The van der Waals surface area contributed by atoms with Crippen LogP contribution in [-0.4, -0.2) is 64.9 Å². The Balaban J connectivity index is 1.38. The number of carbonyl (C=O) groups excluding carboxylic acids is 1. The fourth-order valence-corrected chi connectivity index (χ4v) is 6.06. The van der Waals surface area contributed by atoms with E-state index in [1.165, 1.54) is 12.1 Å². The Morgan fingerprint density at radius 2 is 1.71 bits per heavy atom. The van der Waals surface area contributed by atoms with Crippen molar-refractivity contribution in [3.63, 3.8) is 0 Å². The zero-order valence-electron chi connectivity index (χ0n) is 18.1. The molecule has 31 heavy (non-hydrogen) atoms. The van der Waals surface area contributed by atoms with Crippen LogP contribution < -0.4 is 4.90 Å². The fraction of sp³-hybridized carbons (Fsp3) is 0.542. The maximum Gasteiger partial charge on any atom is 0.231 e. The van der Waals surface area contributed by atoms with E-state index in [2.05, 4.69) is 26.7 Å². The monoisotopic (exact) mass is 423 g/mol. The van der Waals surface area contributed by atoms with Crippen LogP contribution in [-0.2, 0) is 11.3 Å². The van der Waals surface area contributed by atoms with Crippen molar-refractivity contribution in [1.82, 2.24) is 19.8 Å². The summed E-state index contributed by atoms with van der Waals surface area (Å²) < 4.78 is 13.2. The first-order chi connectivity index (χ1) is 15.1. The molecule has 1 amide bonds. The highest BCUT2D eigenvalue weighted by Crippen LogP contribution is 2.58. The lowest BCUT2D eigenvalue weighted by Crippen LogP contribution is -2.52. The molecule has 1 aromatic carbocycles. The summed E-state index contributed by atoms with van der Waals surface area (Å²) in [6.45, 7) is 7.96. The normalized spacial score (nSPS) is 25.8. The van der Waals surface area contributed by atoms with E-state index in [9.17, 15) is 9.18 Å². The van der Waals surface area contributed by atoms with Crippen molar-refractivity contribution in [2.24, 2.45) is 10.8 Å². The number of aromatic nitrogens is 2. The van der Waals surface area contributed by atoms with Gasteiger partial charge in [-0.2, -0.15) is 0 Å². The van der Waals surface area contributed by atoms with Gasteiger partial charge in [-0.1, -0.05) is 12.1 Å². The number of likely N-dealkylation sites (tertiary alicyclic amines) is 2. The van der Waals surface area contributed by atoms with Gasteiger partial charge in [-0.15, -0.1) is 0 Å². The number of anilines is 1. The van der Waals surface area contributed by atoms with E-state index in [1.807, 2.05) is 23.1 Å². The fourth-order valence-electron chi connectivity index (χ4n) is 6.06. The molecule has 164 valence electrons. The minimum absolute atomic E-state index is 0.0491. The summed E-state index contributed by atoms with van der Waals surface area (Å²) in [5.74, 6) is 0.855. The average Bonchev–Trinajstić information content (AvgIpc) is 3.30. The molecule has 0 unspecified atom stereocenters. The molecule has 2 aromatic rings. The van der Waals surface area contributed by atoms with Crippen LogP contribution in [0.15, 0.2) is 42.7 Å². The third-order valence-corrected chi connectivity index (χ3v) is 7.82. The number of benzene rings is 1. The lowest BCUT2D eigenvalue weighted by molar-refractivity contribution is -0.142. The molecule has 0 N–H and O–H groups in total. The molecule has 3 fully saturated rings. The van der Waals surface area contributed by atoms with Gasteiger partial charge in [0.05, 0.1) is 5.41 Å². The van der Waals surface area contributed by atoms with Crippen molar-refractivity contribution >= 4 is 11.9 Å². The van der Waals surface area contributed by atoms with Gasteiger partial charge in [-0.25, -0.2) is 14.4 Å². The van der Waals surface area contributed by atoms with E-state index in [0.717, 1.165) is 70.0 Å². The molecule has 6 nitrogen and oxygen atoms in total. The summed E-state index contributed by atoms with van der Waals surface area (Å²) in [6, 6.07) is 8.62. The minimum Gasteiger partial charge on any atom is -0.342 e. The number of halogens is 1. The molecule has 3 saturated heterocycles. The van der Waals surface area contributed by atoms with Crippen LogP contribution in [0.2, 0.25) is 0 Å². The van der Waals surface area contributed by atoms with E-state index in [0.29, 0.717) is 12.5 Å². The van der Waals surface area contributed by atoms with Crippen LogP contribution in [0.5, 0.6) is 0 Å². The van der Waals surface area contributed by atoms with Gasteiger partial charge in [0.25, 0.3) is 0 Å². The number of amides is 1. The van der Waals surface area contributed by atoms with Gasteiger partial charge < -0.3 is 9.80 Å². The number of carbonyl (C=O) groups is 1. The molecule has 7 heteroatoms. The Labute approximate surface area is 183 Å². The van der Waals surface area contributed by atoms with Gasteiger partial charge in [0.2, 0.25) is 11.9 Å². The largest absolute Gasteiger partial charge is 0.342 e. The van der Waals surface area contributed by atoms with E-state index >= 15 is 0 Å². The first-order valence-corrected chi connectivity index (χ1v) is 11.3. The lowest BCUT2D eigenvalue weighted by Gasteiger charge is -2.46. The number of nitrogens with zero attached hydrogens (tertiary/aromatic N) is 5. The van der Waals surface area contributed by atoms with Gasteiger partial charge in [0.15, 0.2) is 0 Å². The van der Waals surface area contributed by atoms with Crippen LogP contribution >= 0.6 is 0 Å². The second-order valence-electron chi connectivity index (χ2n) is 9.30. The van der Waals surface area contributed by atoms with E-state index in [4.69, 9.17) is 0 Å². The molecule has 3 aliphatic rings. The van der Waals surface area contributed by atoms with Crippen LogP contribution in [0.1, 0.15) is 31.7 Å². The van der Waals surface area contributed by atoms with Gasteiger partial charge in [-0.05, 0) is 63.0 Å². The summed E-state index contributed by atoms with van der Waals surface area (Å²) in [7, 11) is 0. The molecule has 1 atom stereocenters. The topological polar surface area (TPSA) is 52.6 Å². The van der Waals surface area contributed by atoms with E-state index in [1.54, 1.807) is 12.4 Å². The molecule has 1 aromatic heterocycles. The smallest absolute Gasteiger partial charge is 0.231 e. The molecule has 5 rings (SSSR count). The maximum atomic E-state index is 13.6. The number of piperidine rings is 1. The Morgan fingerprint density at radius 3 is 2.35 bits per heavy atom. The number of rotatable bonds is 4. The second kappa shape index (κ2) is 7.86. The SMILES string of the molecule is CCN1CC[C@@]2(CN(c3ncccn3)CC23CCN(Cc2ccc(F)cc2)CC3)C1=O. The quantitative estimate of drug-likeness (QED) is 0.757. The van der Waals surface area contributed by atoms with Crippen molar-refractivity contribution in [2.45, 2.75) is 32.7 Å². The van der Waals surface area contributed by atoms with Crippen LogP contribution in [0, 0.1) is 16.6 Å². The zero-order valence-corrected chi connectivity index (χ0v) is 18.1. The van der Waals surface area contributed by atoms with Crippen molar-refractivity contribution in [3.05, 3.63) is 54.1 Å². The van der Waals surface area contributed by atoms with Crippen molar-refractivity contribution in [2.75, 3.05) is 44.2 Å². The lowest BCUT2D eigenvalue weighted by atomic mass is 9.60. The zero-order chi connectivity index (χ0) is 21.5. The number of hydrogen-bond donors (Lipinski definition) is 0. The summed E-state index contributed by atoms with van der Waals surface area (Å²) in [5.41, 5.74) is 0.739. The number of hydrogen-bond acceptors (Lipinski definition) is 5. The van der Waals surface area contributed by atoms with Gasteiger partial charge in [0.1, 0.15) is 5.82 Å². The third-order valence-electron chi connectivity index (χ3n) is 7.82.